The predicted octanol–water partition coefficient (Wildman–Crippen LogP) is -0.256. The summed E-state index contributed by atoms with van der Waals surface area (Å²) < 4.78 is 0. The fraction of sp³-hybridized carbons (Fsp3) is 1.00. The van der Waals surface area contributed by atoms with Crippen molar-refractivity contribution in [2.24, 2.45) is 11.8 Å². The van der Waals surface area contributed by atoms with E-state index in [-0.39, 0.29) is 12.5 Å². The van der Waals surface area contributed by atoms with E-state index in [0.717, 1.165) is 0 Å². The molecule has 0 saturated carbocycles. The minimum atomic E-state index is -1.18. The Hall–Kier alpha value is -0.160. The first-order chi connectivity index (χ1) is 6.40. The van der Waals surface area contributed by atoms with Gasteiger partial charge in [-0.15, -0.1) is 0 Å². The molecule has 0 rings (SSSR count). The van der Waals surface area contributed by atoms with Crippen molar-refractivity contribution in [2.75, 3.05) is 6.61 Å². The van der Waals surface area contributed by atoms with Crippen LogP contribution in [0, 0.1) is 11.8 Å². The summed E-state index contributed by atoms with van der Waals surface area (Å²) in [6.45, 7) is 5.28. The third kappa shape index (κ3) is 4.37. The maximum absolute atomic E-state index is 9.53. The van der Waals surface area contributed by atoms with Gasteiger partial charge in [0.1, 0.15) is 6.10 Å². The molecule has 86 valence electrons. The fourth-order valence-electron chi connectivity index (χ4n) is 1.29. The monoisotopic (exact) mass is 206 g/mol. The van der Waals surface area contributed by atoms with Gasteiger partial charge in [0, 0.05) is 12.5 Å². The van der Waals surface area contributed by atoms with Gasteiger partial charge >= 0.3 is 0 Å². The van der Waals surface area contributed by atoms with E-state index in [0.29, 0.717) is 6.42 Å². The molecule has 0 amide bonds. The highest BCUT2D eigenvalue weighted by atomic mass is 16.4. The fourth-order valence-corrected chi connectivity index (χ4v) is 1.29. The summed E-state index contributed by atoms with van der Waals surface area (Å²) in [4.78, 5) is 0. The number of hydrogen-bond donors (Lipinski definition) is 4. The molecule has 0 spiro atoms. The van der Waals surface area contributed by atoms with Crippen molar-refractivity contribution in [2.45, 2.75) is 45.5 Å². The van der Waals surface area contributed by atoms with Crippen molar-refractivity contribution in [1.82, 2.24) is 0 Å². The maximum Gasteiger partial charge on any atom is 0.106 e. The molecule has 0 saturated heterocycles. The maximum atomic E-state index is 9.53. The van der Waals surface area contributed by atoms with Gasteiger partial charge in [-0.1, -0.05) is 20.8 Å². The molecule has 0 aromatic heterocycles. The second-order valence-corrected chi connectivity index (χ2v) is 4.34. The lowest BCUT2D eigenvalue weighted by Crippen LogP contribution is -2.42. The Morgan fingerprint density at radius 1 is 0.929 bits per heavy atom. The predicted molar refractivity (Wildman–Crippen MR) is 53.7 cm³/mol. The molecule has 14 heavy (non-hydrogen) atoms. The SMILES string of the molecule is CC(C)C[C@@H](O)[C@@H](O)[C@H](O)[C@H](C)CO. The van der Waals surface area contributed by atoms with Gasteiger partial charge in [-0.3, -0.25) is 0 Å². The molecule has 0 heterocycles. The lowest BCUT2D eigenvalue weighted by molar-refractivity contribution is -0.0897. The molecule has 0 aliphatic heterocycles. The lowest BCUT2D eigenvalue weighted by Gasteiger charge is -2.27. The number of hydrogen-bond acceptors (Lipinski definition) is 4. The minimum absolute atomic E-state index is 0.202. The van der Waals surface area contributed by atoms with Crippen LogP contribution in [0.1, 0.15) is 27.2 Å². The molecule has 4 N–H and O–H groups in total. The summed E-state index contributed by atoms with van der Waals surface area (Å²) in [5.74, 6) is -0.164. The van der Waals surface area contributed by atoms with Gasteiger partial charge in [-0.25, -0.2) is 0 Å². The molecular weight excluding hydrogens is 184 g/mol. The first kappa shape index (κ1) is 13.8. The number of aliphatic hydroxyl groups excluding tert-OH is 4. The van der Waals surface area contributed by atoms with E-state index in [1.54, 1.807) is 6.92 Å². The van der Waals surface area contributed by atoms with Crippen LogP contribution in [0.15, 0.2) is 0 Å². The van der Waals surface area contributed by atoms with Gasteiger partial charge in [-0.05, 0) is 12.3 Å². The summed E-state index contributed by atoms with van der Waals surface area (Å²) in [6.07, 6.45) is -2.75. The van der Waals surface area contributed by atoms with Crippen molar-refractivity contribution in [3.8, 4) is 0 Å². The molecule has 0 fully saturated rings. The summed E-state index contributed by atoms with van der Waals surface area (Å²) in [6, 6.07) is 0. The quantitative estimate of drug-likeness (QED) is 0.483. The van der Waals surface area contributed by atoms with Crippen molar-refractivity contribution in [1.29, 1.82) is 0 Å². The zero-order valence-electron chi connectivity index (χ0n) is 9.09. The topological polar surface area (TPSA) is 80.9 Å². The van der Waals surface area contributed by atoms with Crippen LogP contribution in [0.2, 0.25) is 0 Å². The highest BCUT2D eigenvalue weighted by Crippen LogP contribution is 2.15. The second-order valence-electron chi connectivity index (χ2n) is 4.34. The van der Waals surface area contributed by atoms with Crippen LogP contribution >= 0.6 is 0 Å². The second kappa shape index (κ2) is 6.35. The highest BCUT2D eigenvalue weighted by Gasteiger charge is 2.28. The van der Waals surface area contributed by atoms with Crippen LogP contribution in [-0.4, -0.2) is 45.3 Å². The molecule has 0 bridgehead atoms. The minimum Gasteiger partial charge on any atom is -0.396 e. The van der Waals surface area contributed by atoms with Gasteiger partial charge in [0.2, 0.25) is 0 Å². The Morgan fingerprint density at radius 2 is 1.43 bits per heavy atom. The van der Waals surface area contributed by atoms with E-state index in [2.05, 4.69) is 0 Å². The summed E-state index contributed by atoms with van der Waals surface area (Å²) in [5, 5.41) is 37.3. The standard InChI is InChI=1S/C10H22O4/c1-6(2)4-8(12)10(14)9(13)7(3)5-11/h6-14H,4-5H2,1-3H3/t7-,8-,9-,10-/m1/s1. The molecule has 0 aromatic rings. The molecule has 4 atom stereocenters. The van der Waals surface area contributed by atoms with Gasteiger partial charge in [0.15, 0.2) is 0 Å². The van der Waals surface area contributed by atoms with Gasteiger partial charge in [0.05, 0.1) is 12.2 Å². The average molecular weight is 206 g/mol. The molecule has 0 aliphatic rings. The number of rotatable bonds is 6. The molecule has 4 nitrogen and oxygen atoms in total. The first-order valence-electron chi connectivity index (χ1n) is 5.05. The van der Waals surface area contributed by atoms with Gasteiger partial charge in [-0.2, -0.15) is 0 Å². The van der Waals surface area contributed by atoms with Crippen LogP contribution in [0.3, 0.4) is 0 Å². The first-order valence-corrected chi connectivity index (χ1v) is 5.05. The summed E-state index contributed by atoms with van der Waals surface area (Å²) in [5.41, 5.74) is 0. The van der Waals surface area contributed by atoms with E-state index < -0.39 is 24.2 Å². The van der Waals surface area contributed by atoms with E-state index in [9.17, 15) is 15.3 Å². The molecule has 0 aromatic carbocycles. The third-order valence-electron chi connectivity index (χ3n) is 2.33. The van der Waals surface area contributed by atoms with Gasteiger partial charge in [0.25, 0.3) is 0 Å². The Labute approximate surface area is 85.2 Å². The zero-order chi connectivity index (χ0) is 11.3. The highest BCUT2D eigenvalue weighted by molar-refractivity contribution is 4.79. The molecular formula is C10H22O4. The van der Waals surface area contributed by atoms with E-state index in [4.69, 9.17) is 5.11 Å². The zero-order valence-corrected chi connectivity index (χ0v) is 9.09. The van der Waals surface area contributed by atoms with Crippen LogP contribution in [0.5, 0.6) is 0 Å². The van der Waals surface area contributed by atoms with E-state index >= 15 is 0 Å². The van der Waals surface area contributed by atoms with Crippen molar-refractivity contribution in [3.05, 3.63) is 0 Å². The summed E-state index contributed by atoms with van der Waals surface area (Å²) >= 11 is 0. The third-order valence-corrected chi connectivity index (χ3v) is 2.33. The smallest absolute Gasteiger partial charge is 0.106 e. The Morgan fingerprint density at radius 3 is 1.79 bits per heavy atom. The number of aliphatic hydroxyl groups is 4. The van der Waals surface area contributed by atoms with Crippen molar-refractivity contribution < 1.29 is 20.4 Å². The molecule has 0 radical (unpaired) electrons. The van der Waals surface area contributed by atoms with Crippen molar-refractivity contribution >= 4 is 0 Å². The lowest BCUT2D eigenvalue weighted by atomic mass is 9.93. The van der Waals surface area contributed by atoms with Crippen LogP contribution in [0.25, 0.3) is 0 Å². The Bertz CT molecular complexity index is 149. The van der Waals surface area contributed by atoms with E-state index in [1.807, 2.05) is 13.8 Å². The van der Waals surface area contributed by atoms with Crippen LogP contribution in [-0.2, 0) is 0 Å². The van der Waals surface area contributed by atoms with Crippen LogP contribution in [0.4, 0.5) is 0 Å². The van der Waals surface area contributed by atoms with Crippen molar-refractivity contribution in [3.63, 3.8) is 0 Å². The molecule has 0 unspecified atom stereocenters. The molecule has 0 aliphatic carbocycles. The Kier molecular flexibility index (Phi) is 6.27. The van der Waals surface area contributed by atoms with Gasteiger partial charge < -0.3 is 20.4 Å². The average Bonchev–Trinajstić information content (AvgIpc) is 2.13. The normalized spacial score (nSPS) is 20.6. The van der Waals surface area contributed by atoms with Crippen LogP contribution < -0.4 is 0 Å². The largest absolute Gasteiger partial charge is 0.396 e. The Balaban J connectivity index is 4.09. The van der Waals surface area contributed by atoms with E-state index in [1.165, 1.54) is 0 Å². The molecule has 4 heteroatoms. The summed E-state index contributed by atoms with van der Waals surface area (Å²) in [7, 11) is 0.